The number of nitrogens with one attached hydrogen (secondary N) is 1. The number of thiophene rings is 1. The maximum atomic E-state index is 11.9. The Morgan fingerprint density at radius 3 is 2.89 bits per heavy atom. The molecular formula is C12H15NO4S2. The monoisotopic (exact) mass is 301 g/mol. The lowest BCUT2D eigenvalue weighted by molar-refractivity contribution is -0.131. The molecule has 1 rings (SSSR count). The van der Waals surface area contributed by atoms with E-state index in [2.05, 4.69) is 5.32 Å². The lowest BCUT2D eigenvalue weighted by Crippen LogP contribution is -2.27. The fraction of sp³-hybridized carbons (Fsp3) is 0.333. The molecule has 1 aromatic heterocycles. The van der Waals surface area contributed by atoms with Gasteiger partial charge in [0, 0.05) is 34.9 Å². The first-order valence-electron chi connectivity index (χ1n) is 5.66. The van der Waals surface area contributed by atoms with E-state index in [1.807, 2.05) is 6.92 Å². The third kappa shape index (κ3) is 5.35. The molecule has 7 heteroatoms. The van der Waals surface area contributed by atoms with E-state index in [0.29, 0.717) is 28.5 Å². The van der Waals surface area contributed by atoms with Crippen LogP contribution in [0.4, 0.5) is 0 Å². The Kier molecular flexibility index (Phi) is 6.44. The number of rotatable bonds is 7. The molecule has 5 nitrogen and oxygen atoms in total. The van der Waals surface area contributed by atoms with Gasteiger partial charge in [0.1, 0.15) is 0 Å². The van der Waals surface area contributed by atoms with E-state index in [4.69, 9.17) is 5.11 Å². The fourth-order valence-corrected chi connectivity index (χ4v) is 2.72. The third-order valence-electron chi connectivity index (χ3n) is 2.24. The molecule has 1 amide bonds. The molecule has 0 saturated carbocycles. The summed E-state index contributed by atoms with van der Waals surface area (Å²) in [6.07, 6.45) is 2.38. The summed E-state index contributed by atoms with van der Waals surface area (Å²) < 4.78 is 11.2. The van der Waals surface area contributed by atoms with E-state index in [0.717, 1.165) is 6.08 Å². The summed E-state index contributed by atoms with van der Waals surface area (Å²) in [7, 11) is -0.908. The van der Waals surface area contributed by atoms with E-state index in [1.165, 1.54) is 17.4 Å². The van der Waals surface area contributed by atoms with Crippen LogP contribution in [-0.2, 0) is 15.6 Å². The molecular weight excluding hydrogens is 286 g/mol. The predicted molar refractivity (Wildman–Crippen MR) is 76.9 cm³/mol. The van der Waals surface area contributed by atoms with Crippen molar-refractivity contribution >= 4 is 40.1 Å². The standard InChI is InChI=1S/C12H15NO4S2/c1-2-19(17)8-6-13-12(16)11-9(5-7-18-11)3-4-10(14)15/h3-5,7H,2,6,8H2,1H3,(H,13,16)(H,14,15)/b4-3+. The van der Waals surface area contributed by atoms with Crippen LogP contribution in [0.1, 0.15) is 22.2 Å². The molecule has 104 valence electrons. The van der Waals surface area contributed by atoms with Crippen molar-refractivity contribution in [1.29, 1.82) is 0 Å². The fourth-order valence-electron chi connectivity index (χ4n) is 1.30. The number of carboxylic acid groups (broad SMARTS) is 1. The minimum Gasteiger partial charge on any atom is -0.478 e. The summed E-state index contributed by atoms with van der Waals surface area (Å²) in [6, 6.07) is 1.68. The van der Waals surface area contributed by atoms with Gasteiger partial charge in [0.2, 0.25) is 0 Å². The summed E-state index contributed by atoms with van der Waals surface area (Å²) in [5, 5.41) is 13.0. The van der Waals surface area contributed by atoms with E-state index in [9.17, 15) is 13.8 Å². The maximum Gasteiger partial charge on any atom is 0.328 e. The highest BCUT2D eigenvalue weighted by molar-refractivity contribution is 7.84. The number of carboxylic acids is 1. The Bertz CT molecular complexity index is 508. The Morgan fingerprint density at radius 2 is 2.26 bits per heavy atom. The van der Waals surface area contributed by atoms with Gasteiger partial charge in [-0.05, 0) is 23.1 Å². The van der Waals surface area contributed by atoms with Gasteiger partial charge in [0.25, 0.3) is 5.91 Å². The molecule has 2 N–H and O–H groups in total. The lowest BCUT2D eigenvalue weighted by atomic mass is 10.2. The van der Waals surface area contributed by atoms with Gasteiger partial charge < -0.3 is 10.4 Å². The molecule has 0 aliphatic heterocycles. The van der Waals surface area contributed by atoms with E-state index < -0.39 is 16.8 Å². The largest absolute Gasteiger partial charge is 0.478 e. The van der Waals surface area contributed by atoms with E-state index in [1.54, 1.807) is 11.4 Å². The van der Waals surface area contributed by atoms with Crippen molar-refractivity contribution in [2.24, 2.45) is 0 Å². The Hall–Kier alpha value is -1.47. The van der Waals surface area contributed by atoms with Crippen LogP contribution in [0.5, 0.6) is 0 Å². The molecule has 0 fully saturated rings. The molecule has 19 heavy (non-hydrogen) atoms. The smallest absolute Gasteiger partial charge is 0.328 e. The zero-order valence-corrected chi connectivity index (χ0v) is 12.1. The minimum atomic E-state index is -1.06. The summed E-state index contributed by atoms with van der Waals surface area (Å²) in [5.74, 6) is -0.334. The third-order valence-corrected chi connectivity index (χ3v) is 4.48. The zero-order valence-electron chi connectivity index (χ0n) is 10.4. The second-order valence-corrected chi connectivity index (χ2v) is 6.35. The van der Waals surface area contributed by atoms with Crippen LogP contribution in [0.3, 0.4) is 0 Å². The summed E-state index contributed by atoms with van der Waals surface area (Å²) >= 11 is 1.24. The topological polar surface area (TPSA) is 83.5 Å². The van der Waals surface area contributed by atoms with Gasteiger partial charge >= 0.3 is 5.97 Å². The van der Waals surface area contributed by atoms with Crippen molar-refractivity contribution in [2.45, 2.75) is 6.92 Å². The number of carbonyl (C=O) groups is 2. The first-order chi connectivity index (χ1) is 9.04. The van der Waals surface area contributed by atoms with Gasteiger partial charge in [0.15, 0.2) is 0 Å². The maximum absolute atomic E-state index is 11.9. The van der Waals surface area contributed by atoms with Crippen LogP contribution >= 0.6 is 11.3 Å². The quantitative estimate of drug-likeness (QED) is 0.745. The van der Waals surface area contributed by atoms with E-state index in [-0.39, 0.29) is 5.91 Å². The minimum absolute atomic E-state index is 0.270. The molecule has 0 aliphatic rings. The first kappa shape index (κ1) is 15.6. The van der Waals surface area contributed by atoms with Crippen LogP contribution in [0.25, 0.3) is 6.08 Å². The van der Waals surface area contributed by atoms with Gasteiger partial charge in [-0.2, -0.15) is 0 Å². The number of hydrogen-bond acceptors (Lipinski definition) is 4. The average Bonchev–Trinajstić information content (AvgIpc) is 2.84. The Balaban J connectivity index is 2.60. The molecule has 0 saturated heterocycles. The molecule has 0 bridgehead atoms. The summed E-state index contributed by atoms with van der Waals surface area (Å²) in [6.45, 7) is 2.17. The number of aliphatic carboxylic acids is 1. The van der Waals surface area contributed by atoms with Crippen LogP contribution in [-0.4, -0.2) is 39.2 Å². The van der Waals surface area contributed by atoms with Crippen molar-refractivity contribution < 1.29 is 18.9 Å². The van der Waals surface area contributed by atoms with Gasteiger partial charge in [0.05, 0.1) is 4.88 Å². The Morgan fingerprint density at radius 1 is 1.53 bits per heavy atom. The van der Waals surface area contributed by atoms with Crippen molar-refractivity contribution in [3.63, 3.8) is 0 Å². The molecule has 1 atom stereocenters. The van der Waals surface area contributed by atoms with Crippen molar-refractivity contribution in [3.05, 3.63) is 28.0 Å². The molecule has 0 radical (unpaired) electrons. The van der Waals surface area contributed by atoms with Crippen LogP contribution in [0, 0.1) is 0 Å². The van der Waals surface area contributed by atoms with Crippen molar-refractivity contribution in [2.75, 3.05) is 18.1 Å². The average molecular weight is 301 g/mol. The highest BCUT2D eigenvalue weighted by Crippen LogP contribution is 2.18. The molecule has 1 unspecified atom stereocenters. The van der Waals surface area contributed by atoms with E-state index >= 15 is 0 Å². The van der Waals surface area contributed by atoms with Crippen molar-refractivity contribution in [3.8, 4) is 0 Å². The van der Waals surface area contributed by atoms with Gasteiger partial charge in [-0.15, -0.1) is 11.3 Å². The molecule has 1 heterocycles. The molecule has 0 spiro atoms. The highest BCUT2D eigenvalue weighted by atomic mass is 32.2. The summed E-state index contributed by atoms with van der Waals surface area (Å²) in [4.78, 5) is 22.8. The number of hydrogen-bond donors (Lipinski definition) is 2. The molecule has 0 aliphatic carbocycles. The van der Waals surface area contributed by atoms with Crippen LogP contribution in [0.15, 0.2) is 17.5 Å². The second-order valence-electron chi connectivity index (χ2n) is 3.57. The van der Waals surface area contributed by atoms with Gasteiger partial charge in [-0.3, -0.25) is 9.00 Å². The van der Waals surface area contributed by atoms with Gasteiger partial charge in [-0.1, -0.05) is 6.92 Å². The Labute approximate surface area is 117 Å². The van der Waals surface area contributed by atoms with Gasteiger partial charge in [-0.25, -0.2) is 4.79 Å². The summed E-state index contributed by atoms with van der Waals surface area (Å²) in [5.41, 5.74) is 0.571. The highest BCUT2D eigenvalue weighted by Gasteiger charge is 2.11. The SMILES string of the molecule is CCS(=O)CCNC(=O)c1sccc1/C=C/C(=O)O. The molecule has 1 aromatic rings. The zero-order chi connectivity index (χ0) is 14.3. The first-order valence-corrected chi connectivity index (χ1v) is 8.03. The molecule has 0 aromatic carbocycles. The lowest BCUT2D eigenvalue weighted by Gasteiger charge is -2.03. The predicted octanol–water partition coefficient (Wildman–Crippen LogP) is 1.34. The normalized spacial score (nSPS) is 12.5. The van der Waals surface area contributed by atoms with Crippen molar-refractivity contribution in [1.82, 2.24) is 5.32 Å². The number of amides is 1. The second kappa shape index (κ2) is 7.85. The number of carbonyl (C=O) groups excluding carboxylic acids is 1. The van der Waals surface area contributed by atoms with Crippen LogP contribution in [0.2, 0.25) is 0 Å². The van der Waals surface area contributed by atoms with Crippen LogP contribution < -0.4 is 5.32 Å².